The predicted molar refractivity (Wildman–Crippen MR) is 46.5 cm³/mol. The molecule has 0 heterocycles. The topological polar surface area (TPSA) is 58.6 Å². The van der Waals surface area contributed by atoms with Crippen molar-refractivity contribution in [2.45, 2.75) is 18.5 Å². The number of aliphatic hydroxyl groups excluding tert-OH is 1. The van der Waals surface area contributed by atoms with Crippen LogP contribution in [0, 0.1) is 0 Å². The lowest BCUT2D eigenvalue weighted by Gasteiger charge is -2.18. The number of carbonyl (C=O) groups excluding carboxylic acids is 1. The first-order chi connectivity index (χ1) is 7.73. The average Bonchev–Trinajstić information content (AvgIpc) is 2.21. The molecule has 0 spiro atoms. The molecule has 17 heavy (non-hydrogen) atoms. The monoisotopic (exact) mass is 265 g/mol. The van der Waals surface area contributed by atoms with Gasteiger partial charge in [0.2, 0.25) is 0 Å². The molecule has 0 aliphatic rings. The Morgan fingerprint density at radius 2 is 1.76 bits per heavy atom. The first-order valence-electron chi connectivity index (χ1n) is 4.65. The van der Waals surface area contributed by atoms with E-state index >= 15 is 0 Å². The Morgan fingerprint density at radius 3 is 2.24 bits per heavy atom. The van der Waals surface area contributed by atoms with E-state index in [9.17, 15) is 26.7 Å². The van der Waals surface area contributed by atoms with Gasteiger partial charge in [-0.3, -0.25) is 4.79 Å². The van der Waals surface area contributed by atoms with Gasteiger partial charge in [0, 0.05) is 13.2 Å². The zero-order valence-corrected chi connectivity index (χ0v) is 8.69. The van der Waals surface area contributed by atoms with Crippen molar-refractivity contribution in [2.24, 2.45) is 0 Å². The molecule has 0 unspecified atom stereocenters. The fourth-order valence-electron chi connectivity index (χ4n) is 0.783. The van der Waals surface area contributed by atoms with Gasteiger partial charge in [0.1, 0.15) is 0 Å². The predicted octanol–water partition coefficient (Wildman–Crippen LogP) is 0.699. The molecule has 1 amide bonds. The van der Waals surface area contributed by atoms with Gasteiger partial charge < -0.3 is 15.2 Å². The Hall–Kier alpha value is -0.960. The van der Waals surface area contributed by atoms with Crippen molar-refractivity contribution in [2.75, 3.05) is 26.4 Å². The van der Waals surface area contributed by atoms with Gasteiger partial charge >= 0.3 is 12.1 Å². The van der Waals surface area contributed by atoms with Crippen molar-refractivity contribution >= 4 is 5.91 Å². The highest BCUT2D eigenvalue weighted by molar-refractivity contribution is 5.84. The number of carbonyl (C=O) groups is 1. The molecule has 0 bridgehead atoms. The molecule has 0 radical (unpaired) electrons. The lowest BCUT2D eigenvalue weighted by Crippen LogP contribution is -2.50. The summed E-state index contributed by atoms with van der Waals surface area (Å²) in [6.07, 6.45) is -5.83. The van der Waals surface area contributed by atoms with Crippen LogP contribution < -0.4 is 5.32 Å². The highest BCUT2D eigenvalue weighted by Gasteiger charge is 2.63. The number of alkyl halides is 5. The molecule has 0 aromatic heterocycles. The Labute approximate surface area is 93.7 Å². The highest BCUT2D eigenvalue weighted by Crippen LogP contribution is 2.35. The molecule has 102 valence electrons. The summed E-state index contributed by atoms with van der Waals surface area (Å²) in [5.41, 5.74) is 0. The number of hydrogen-bond acceptors (Lipinski definition) is 3. The maximum absolute atomic E-state index is 12.4. The quantitative estimate of drug-likeness (QED) is 0.526. The Bertz CT molecular complexity index is 244. The van der Waals surface area contributed by atoms with Gasteiger partial charge in [0.15, 0.2) is 0 Å². The summed E-state index contributed by atoms with van der Waals surface area (Å²) in [4.78, 5) is 10.5. The molecular weight excluding hydrogens is 253 g/mol. The van der Waals surface area contributed by atoms with Crippen LogP contribution in [-0.2, 0) is 9.53 Å². The van der Waals surface area contributed by atoms with E-state index in [1.54, 1.807) is 0 Å². The Morgan fingerprint density at radius 1 is 1.18 bits per heavy atom. The standard InChI is InChI=1S/C8H12F5NO3/c9-7(10,8(11,12)13)6(16)14-2-1-4-17-5-3-15/h15H,1-5H2,(H,14,16). The molecule has 0 atom stereocenters. The van der Waals surface area contributed by atoms with Crippen molar-refractivity contribution in [3.05, 3.63) is 0 Å². The maximum atomic E-state index is 12.4. The van der Waals surface area contributed by atoms with Crippen LogP contribution in [0.2, 0.25) is 0 Å². The van der Waals surface area contributed by atoms with E-state index < -0.39 is 18.0 Å². The number of aliphatic hydroxyl groups is 1. The molecule has 0 fully saturated rings. The van der Waals surface area contributed by atoms with Gasteiger partial charge in [-0.15, -0.1) is 0 Å². The highest BCUT2D eigenvalue weighted by atomic mass is 19.4. The summed E-state index contributed by atoms with van der Waals surface area (Å²) in [7, 11) is 0. The first-order valence-corrected chi connectivity index (χ1v) is 4.65. The third-order valence-corrected chi connectivity index (χ3v) is 1.63. The van der Waals surface area contributed by atoms with Crippen molar-refractivity contribution < 1.29 is 36.6 Å². The third-order valence-electron chi connectivity index (χ3n) is 1.63. The summed E-state index contributed by atoms with van der Waals surface area (Å²) in [6, 6.07) is 0. The van der Waals surface area contributed by atoms with Crippen molar-refractivity contribution in [3.63, 3.8) is 0 Å². The number of ether oxygens (including phenoxy) is 1. The number of rotatable bonds is 7. The Kier molecular flexibility index (Phi) is 6.32. The fourth-order valence-corrected chi connectivity index (χ4v) is 0.783. The van der Waals surface area contributed by atoms with Gasteiger partial charge in [-0.25, -0.2) is 0 Å². The van der Waals surface area contributed by atoms with E-state index in [2.05, 4.69) is 0 Å². The summed E-state index contributed by atoms with van der Waals surface area (Å²) < 4.78 is 64.5. The molecule has 0 rings (SSSR count). The molecule has 4 nitrogen and oxygen atoms in total. The second-order valence-corrected chi connectivity index (χ2v) is 3.02. The van der Waals surface area contributed by atoms with Crippen LogP contribution in [0.5, 0.6) is 0 Å². The van der Waals surface area contributed by atoms with Crippen LogP contribution >= 0.6 is 0 Å². The second kappa shape index (κ2) is 6.70. The molecular formula is C8H12F5NO3. The maximum Gasteiger partial charge on any atom is 0.463 e. The summed E-state index contributed by atoms with van der Waals surface area (Å²) in [6.45, 7) is -0.514. The Balaban J connectivity index is 3.87. The van der Waals surface area contributed by atoms with E-state index in [1.165, 1.54) is 5.32 Å². The van der Waals surface area contributed by atoms with E-state index in [4.69, 9.17) is 9.84 Å². The minimum Gasteiger partial charge on any atom is -0.394 e. The third kappa shape index (κ3) is 5.26. The van der Waals surface area contributed by atoms with Gasteiger partial charge in [0.25, 0.3) is 5.91 Å². The minimum atomic E-state index is -5.90. The molecule has 0 aromatic carbocycles. The summed E-state index contributed by atoms with van der Waals surface area (Å²) in [5, 5.41) is 9.74. The number of nitrogens with one attached hydrogen (secondary N) is 1. The first kappa shape index (κ1) is 16.0. The molecule has 0 aliphatic carbocycles. The largest absolute Gasteiger partial charge is 0.463 e. The SMILES string of the molecule is O=C(NCCCOCCO)C(F)(F)C(F)(F)F. The molecule has 0 aromatic rings. The van der Waals surface area contributed by atoms with Crippen LogP contribution in [0.1, 0.15) is 6.42 Å². The fraction of sp³-hybridized carbons (Fsp3) is 0.875. The van der Waals surface area contributed by atoms with E-state index in [1.807, 2.05) is 0 Å². The van der Waals surface area contributed by atoms with E-state index in [0.29, 0.717) is 0 Å². The average molecular weight is 265 g/mol. The smallest absolute Gasteiger partial charge is 0.394 e. The van der Waals surface area contributed by atoms with Gasteiger partial charge in [-0.05, 0) is 6.42 Å². The number of amides is 1. The van der Waals surface area contributed by atoms with Crippen molar-refractivity contribution in [1.82, 2.24) is 5.32 Å². The van der Waals surface area contributed by atoms with Gasteiger partial charge in [0.05, 0.1) is 13.2 Å². The van der Waals surface area contributed by atoms with Crippen LogP contribution in [0.15, 0.2) is 0 Å². The molecule has 0 saturated heterocycles. The van der Waals surface area contributed by atoms with Crippen LogP contribution in [0.25, 0.3) is 0 Å². The van der Waals surface area contributed by atoms with Crippen LogP contribution in [0.4, 0.5) is 22.0 Å². The van der Waals surface area contributed by atoms with Crippen LogP contribution in [0.3, 0.4) is 0 Å². The lowest BCUT2D eigenvalue weighted by atomic mass is 10.3. The van der Waals surface area contributed by atoms with E-state index in [0.717, 1.165) is 0 Å². The van der Waals surface area contributed by atoms with Gasteiger partial charge in [-0.1, -0.05) is 0 Å². The number of halogens is 5. The van der Waals surface area contributed by atoms with Gasteiger partial charge in [-0.2, -0.15) is 22.0 Å². The molecule has 0 saturated carbocycles. The zero-order chi connectivity index (χ0) is 13.5. The number of hydrogen-bond donors (Lipinski definition) is 2. The summed E-state index contributed by atoms with van der Waals surface area (Å²) in [5.74, 6) is -7.77. The lowest BCUT2D eigenvalue weighted by molar-refractivity contribution is -0.269. The van der Waals surface area contributed by atoms with Crippen molar-refractivity contribution in [1.29, 1.82) is 0 Å². The zero-order valence-electron chi connectivity index (χ0n) is 8.69. The second-order valence-electron chi connectivity index (χ2n) is 3.02. The normalized spacial score (nSPS) is 12.6. The van der Waals surface area contributed by atoms with Crippen LogP contribution in [-0.4, -0.2) is 49.5 Å². The van der Waals surface area contributed by atoms with Crippen molar-refractivity contribution in [3.8, 4) is 0 Å². The minimum absolute atomic E-state index is 0.0344. The molecule has 2 N–H and O–H groups in total. The van der Waals surface area contributed by atoms with E-state index in [-0.39, 0.29) is 32.8 Å². The molecule has 9 heteroatoms. The summed E-state index contributed by atoms with van der Waals surface area (Å²) >= 11 is 0. The molecule has 0 aliphatic heterocycles.